The van der Waals surface area contributed by atoms with Crippen molar-refractivity contribution in [1.82, 2.24) is 9.55 Å². The molecule has 0 aliphatic rings. The number of imidazole rings is 1. The predicted octanol–water partition coefficient (Wildman–Crippen LogP) is 3.77. The molecule has 0 fully saturated rings. The topological polar surface area (TPSA) is 29.9 Å². The van der Waals surface area contributed by atoms with Gasteiger partial charge in [-0.05, 0) is 24.2 Å². The lowest BCUT2D eigenvalue weighted by molar-refractivity contribution is 0.152. The first-order chi connectivity index (χ1) is 8.52. The molecule has 2 aromatic rings. The highest BCUT2D eigenvalue weighted by Crippen LogP contribution is 2.23. The second-order valence-corrected chi connectivity index (χ2v) is 5.18. The van der Waals surface area contributed by atoms with Crippen LogP contribution in [0.2, 0.25) is 5.02 Å². The first-order valence-electron chi connectivity index (χ1n) is 5.59. The van der Waals surface area contributed by atoms with Gasteiger partial charge in [-0.1, -0.05) is 18.5 Å². The molecule has 6 heteroatoms. The Morgan fingerprint density at radius 1 is 1.56 bits per heavy atom. The highest BCUT2D eigenvalue weighted by Gasteiger charge is 2.11. The van der Waals surface area contributed by atoms with Gasteiger partial charge in [0, 0.05) is 19.7 Å². The zero-order valence-electron chi connectivity index (χ0n) is 10.2. The Labute approximate surface area is 115 Å². The van der Waals surface area contributed by atoms with Crippen molar-refractivity contribution in [2.45, 2.75) is 13.5 Å². The second kappa shape index (κ2) is 5.38. The lowest BCUT2D eigenvalue weighted by Gasteiger charge is -2.11. The van der Waals surface area contributed by atoms with Crippen molar-refractivity contribution in [3.63, 3.8) is 0 Å². The SMILES string of the molecule is COCC(C)Cn1c(=S)[nH]c2cc(Cl)c(F)cc21. The van der Waals surface area contributed by atoms with Gasteiger partial charge in [-0.25, -0.2) is 4.39 Å². The van der Waals surface area contributed by atoms with Crippen LogP contribution in [0.5, 0.6) is 0 Å². The van der Waals surface area contributed by atoms with E-state index in [-0.39, 0.29) is 5.02 Å². The molecule has 2 rings (SSSR count). The van der Waals surface area contributed by atoms with Crippen molar-refractivity contribution in [3.05, 3.63) is 27.7 Å². The summed E-state index contributed by atoms with van der Waals surface area (Å²) in [5.74, 6) is -0.147. The Balaban J connectivity index is 2.47. The summed E-state index contributed by atoms with van der Waals surface area (Å²) in [7, 11) is 1.66. The third-order valence-electron chi connectivity index (χ3n) is 2.76. The smallest absolute Gasteiger partial charge is 0.178 e. The Hall–Kier alpha value is -0.910. The zero-order chi connectivity index (χ0) is 13.3. The molecule has 1 N–H and O–H groups in total. The third kappa shape index (κ3) is 2.58. The molecule has 0 bridgehead atoms. The van der Waals surface area contributed by atoms with Crippen LogP contribution in [0.3, 0.4) is 0 Å². The summed E-state index contributed by atoms with van der Waals surface area (Å²) in [6.07, 6.45) is 0. The maximum atomic E-state index is 13.5. The number of H-pyrrole nitrogens is 1. The molecule has 0 radical (unpaired) electrons. The molecule has 1 atom stereocenters. The molecule has 18 heavy (non-hydrogen) atoms. The fourth-order valence-corrected chi connectivity index (χ4v) is 2.43. The number of hydrogen-bond donors (Lipinski definition) is 1. The van der Waals surface area contributed by atoms with Crippen LogP contribution in [-0.2, 0) is 11.3 Å². The number of ether oxygens (including phenoxy) is 1. The maximum Gasteiger partial charge on any atom is 0.178 e. The van der Waals surface area contributed by atoms with Crippen molar-refractivity contribution in [1.29, 1.82) is 0 Å². The standard InChI is InChI=1S/C12H14ClFN2OS/c1-7(6-17-2)5-16-11-4-9(14)8(13)3-10(11)15-12(16)18/h3-4,7H,5-6H2,1-2H3,(H,15,18). The Morgan fingerprint density at radius 2 is 2.28 bits per heavy atom. The van der Waals surface area contributed by atoms with Gasteiger partial charge in [0.2, 0.25) is 0 Å². The van der Waals surface area contributed by atoms with Crippen molar-refractivity contribution < 1.29 is 9.13 Å². The van der Waals surface area contributed by atoms with E-state index in [0.717, 1.165) is 11.0 Å². The number of aromatic nitrogens is 2. The Bertz CT molecular complexity index is 622. The van der Waals surface area contributed by atoms with E-state index in [0.29, 0.717) is 23.8 Å². The number of aromatic amines is 1. The molecule has 0 spiro atoms. The molecule has 0 aliphatic heterocycles. The average molecular weight is 289 g/mol. The first-order valence-corrected chi connectivity index (χ1v) is 6.38. The van der Waals surface area contributed by atoms with Crippen LogP contribution in [-0.4, -0.2) is 23.3 Å². The van der Waals surface area contributed by atoms with Gasteiger partial charge >= 0.3 is 0 Å². The van der Waals surface area contributed by atoms with E-state index in [1.54, 1.807) is 13.2 Å². The molecule has 1 aromatic heterocycles. The molecule has 1 unspecified atom stereocenters. The van der Waals surface area contributed by atoms with E-state index in [2.05, 4.69) is 11.9 Å². The van der Waals surface area contributed by atoms with Gasteiger partial charge in [0.25, 0.3) is 0 Å². The summed E-state index contributed by atoms with van der Waals surface area (Å²) in [6, 6.07) is 2.96. The fraction of sp³-hybridized carbons (Fsp3) is 0.417. The van der Waals surface area contributed by atoms with E-state index in [4.69, 9.17) is 28.6 Å². The van der Waals surface area contributed by atoms with Crippen molar-refractivity contribution in [2.75, 3.05) is 13.7 Å². The highest BCUT2D eigenvalue weighted by molar-refractivity contribution is 7.71. The normalized spacial score (nSPS) is 13.1. The number of nitrogens with one attached hydrogen (secondary N) is 1. The van der Waals surface area contributed by atoms with Gasteiger partial charge in [-0.3, -0.25) is 0 Å². The third-order valence-corrected chi connectivity index (χ3v) is 3.37. The fourth-order valence-electron chi connectivity index (χ4n) is 1.98. The zero-order valence-corrected chi connectivity index (χ0v) is 11.7. The van der Waals surface area contributed by atoms with Gasteiger partial charge in [0.1, 0.15) is 5.82 Å². The number of halogens is 2. The molecule has 0 saturated carbocycles. The second-order valence-electron chi connectivity index (χ2n) is 4.38. The number of methoxy groups -OCH3 is 1. The molecule has 1 heterocycles. The van der Waals surface area contributed by atoms with Gasteiger partial charge < -0.3 is 14.3 Å². The van der Waals surface area contributed by atoms with Crippen molar-refractivity contribution in [3.8, 4) is 0 Å². The van der Waals surface area contributed by atoms with E-state index in [1.165, 1.54) is 6.07 Å². The lowest BCUT2D eigenvalue weighted by atomic mass is 10.2. The highest BCUT2D eigenvalue weighted by atomic mass is 35.5. The van der Waals surface area contributed by atoms with E-state index in [9.17, 15) is 4.39 Å². The number of rotatable bonds is 4. The molecular weight excluding hydrogens is 275 g/mol. The van der Waals surface area contributed by atoms with Crippen LogP contribution in [0.15, 0.2) is 12.1 Å². The molecule has 3 nitrogen and oxygen atoms in total. The summed E-state index contributed by atoms with van der Waals surface area (Å²) in [4.78, 5) is 3.03. The summed E-state index contributed by atoms with van der Waals surface area (Å²) < 4.78 is 21.0. The Morgan fingerprint density at radius 3 is 2.94 bits per heavy atom. The monoisotopic (exact) mass is 288 g/mol. The van der Waals surface area contributed by atoms with Gasteiger partial charge in [0.05, 0.1) is 22.7 Å². The number of hydrogen-bond acceptors (Lipinski definition) is 2. The quantitative estimate of drug-likeness (QED) is 0.868. The van der Waals surface area contributed by atoms with Crippen LogP contribution >= 0.6 is 23.8 Å². The molecule has 0 aliphatic carbocycles. The van der Waals surface area contributed by atoms with Crippen LogP contribution < -0.4 is 0 Å². The minimum Gasteiger partial charge on any atom is -0.384 e. The summed E-state index contributed by atoms with van der Waals surface area (Å²) in [6.45, 7) is 3.36. The van der Waals surface area contributed by atoms with Crippen LogP contribution in [0.25, 0.3) is 11.0 Å². The summed E-state index contributed by atoms with van der Waals surface area (Å²) in [5, 5.41) is 0.0934. The van der Waals surface area contributed by atoms with E-state index >= 15 is 0 Å². The number of benzene rings is 1. The van der Waals surface area contributed by atoms with Crippen molar-refractivity contribution in [2.24, 2.45) is 5.92 Å². The van der Waals surface area contributed by atoms with Gasteiger partial charge in [0.15, 0.2) is 4.77 Å². The number of fused-ring (bicyclic) bond motifs is 1. The minimum atomic E-state index is -0.439. The molecule has 0 saturated heterocycles. The van der Waals surface area contributed by atoms with Crippen molar-refractivity contribution >= 4 is 34.9 Å². The lowest BCUT2D eigenvalue weighted by Crippen LogP contribution is -2.12. The maximum absolute atomic E-state index is 13.5. The molecular formula is C12H14ClFN2OS. The first kappa shape index (κ1) is 13.5. The average Bonchev–Trinajstić information content (AvgIpc) is 2.57. The van der Waals surface area contributed by atoms with Crippen LogP contribution in [0, 0.1) is 16.5 Å². The van der Waals surface area contributed by atoms with Gasteiger partial charge in [-0.2, -0.15) is 0 Å². The molecule has 1 aromatic carbocycles. The van der Waals surface area contributed by atoms with Gasteiger partial charge in [-0.15, -0.1) is 0 Å². The molecule has 0 amide bonds. The van der Waals surface area contributed by atoms with E-state index in [1.807, 2.05) is 4.57 Å². The van der Waals surface area contributed by atoms with Crippen LogP contribution in [0.1, 0.15) is 6.92 Å². The summed E-state index contributed by atoms with van der Waals surface area (Å²) >= 11 is 11.0. The minimum absolute atomic E-state index is 0.0934. The summed E-state index contributed by atoms with van der Waals surface area (Å²) in [5.41, 5.74) is 1.47. The largest absolute Gasteiger partial charge is 0.384 e. The molecule has 98 valence electrons. The Kier molecular flexibility index (Phi) is 4.04. The van der Waals surface area contributed by atoms with Crippen LogP contribution in [0.4, 0.5) is 4.39 Å². The van der Waals surface area contributed by atoms with E-state index < -0.39 is 5.82 Å². The predicted molar refractivity (Wildman–Crippen MR) is 73.1 cm³/mol. The number of nitrogens with zero attached hydrogens (tertiary/aromatic N) is 1.